The van der Waals surface area contributed by atoms with Gasteiger partial charge < -0.3 is 0 Å². The van der Waals surface area contributed by atoms with Crippen molar-refractivity contribution < 1.29 is 13.2 Å². The minimum Gasteiger partial charge on any atom is -0.267 e. The number of nitrogens with zero attached hydrogens (tertiary/aromatic N) is 3. The molecule has 130 valence electrons. The molecule has 3 rings (SSSR count). The van der Waals surface area contributed by atoms with Crippen LogP contribution in [0.5, 0.6) is 0 Å². The fourth-order valence-corrected chi connectivity index (χ4v) is 4.11. The van der Waals surface area contributed by atoms with E-state index in [4.69, 9.17) is 0 Å². The zero-order valence-electron chi connectivity index (χ0n) is 13.5. The molecule has 0 saturated carbocycles. The van der Waals surface area contributed by atoms with E-state index >= 15 is 0 Å². The summed E-state index contributed by atoms with van der Waals surface area (Å²) in [6.07, 6.45) is 4.77. The monoisotopic (exact) mass is 358 g/mol. The van der Waals surface area contributed by atoms with Crippen molar-refractivity contribution in [2.75, 3.05) is 13.1 Å². The minimum absolute atomic E-state index is 0.121. The van der Waals surface area contributed by atoms with E-state index < -0.39 is 15.9 Å². The van der Waals surface area contributed by atoms with E-state index in [-0.39, 0.29) is 10.5 Å². The van der Waals surface area contributed by atoms with Crippen LogP contribution in [0.3, 0.4) is 0 Å². The van der Waals surface area contributed by atoms with Gasteiger partial charge in [0.15, 0.2) is 0 Å². The molecule has 0 unspecified atom stereocenters. The second kappa shape index (κ2) is 7.54. The number of hydrogen-bond acceptors (Lipinski definition) is 5. The Morgan fingerprint density at radius 3 is 2.68 bits per heavy atom. The average molecular weight is 358 g/mol. The third-order valence-electron chi connectivity index (χ3n) is 3.85. The van der Waals surface area contributed by atoms with Crippen molar-refractivity contribution in [1.82, 2.24) is 14.7 Å². The number of benzene rings is 1. The molecule has 1 aliphatic heterocycles. The smallest absolute Gasteiger partial charge is 0.267 e. The van der Waals surface area contributed by atoms with Gasteiger partial charge in [-0.2, -0.15) is 9.41 Å². The first-order valence-electron chi connectivity index (χ1n) is 7.92. The molecule has 2 aromatic rings. The summed E-state index contributed by atoms with van der Waals surface area (Å²) in [5.74, 6) is -0.481. The normalized spacial score (nSPS) is 15.5. The van der Waals surface area contributed by atoms with E-state index in [1.165, 1.54) is 22.7 Å². The van der Waals surface area contributed by atoms with Gasteiger partial charge in [0.25, 0.3) is 5.91 Å². The van der Waals surface area contributed by atoms with Gasteiger partial charge in [-0.25, -0.2) is 13.8 Å². The molecule has 1 N–H and O–H groups in total. The number of sulfonamides is 1. The van der Waals surface area contributed by atoms with Crippen molar-refractivity contribution in [2.24, 2.45) is 5.10 Å². The van der Waals surface area contributed by atoms with Gasteiger partial charge in [-0.3, -0.25) is 9.78 Å². The Hall–Kier alpha value is -2.58. The lowest BCUT2D eigenvalue weighted by Crippen LogP contribution is -2.28. The number of hydrazone groups is 1. The number of carbonyl (C=O) groups is 1. The molecule has 1 fully saturated rings. The number of aromatic nitrogens is 1. The Labute approximate surface area is 146 Å². The van der Waals surface area contributed by atoms with Gasteiger partial charge in [-0.05, 0) is 43.2 Å². The maximum absolute atomic E-state index is 12.6. The molecule has 0 atom stereocenters. The third kappa shape index (κ3) is 4.09. The number of amides is 1. The van der Waals surface area contributed by atoms with Gasteiger partial charge in [0.2, 0.25) is 10.0 Å². The van der Waals surface area contributed by atoms with Crippen LogP contribution in [-0.4, -0.2) is 42.9 Å². The van der Waals surface area contributed by atoms with Crippen molar-refractivity contribution in [1.29, 1.82) is 0 Å². The van der Waals surface area contributed by atoms with E-state index in [9.17, 15) is 13.2 Å². The van der Waals surface area contributed by atoms with Crippen LogP contribution >= 0.6 is 0 Å². The fourth-order valence-electron chi connectivity index (χ4n) is 2.55. The molecule has 0 radical (unpaired) electrons. The lowest BCUT2D eigenvalue weighted by Gasteiger charge is -2.15. The second-order valence-electron chi connectivity index (χ2n) is 5.59. The summed E-state index contributed by atoms with van der Waals surface area (Å²) in [6.45, 7) is 1.04. The Morgan fingerprint density at radius 1 is 1.16 bits per heavy atom. The lowest BCUT2D eigenvalue weighted by molar-refractivity contribution is 0.0955. The topological polar surface area (TPSA) is 91.7 Å². The summed E-state index contributed by atoms with van der Waals surface area (Å²) in [4.78, 5) is 16.4. The van der Waals surface area contributed by atoms with E-state index in [2.05, 4.69) is 15.5 Å². The molecular weight excluding hydrogens is 340 g/mol. The zero-order chi connectivity index (χ0) is 17.7. The molecule has 1 saturated heterocycles. The highest BCUT2D eigenvalue weighted by Gasteiger charge is 2.27. The van der Waals surface area contributed by atoms with Crippen LogP contribution in [-0.2, 0) is 10.0 Å². The van der Waals surface area contributed by atoms with E-state index in [1.807, 2.05) is 6.07 Å². The average Bonchev–Trinajstić information content (AvgIpc) is 3.18. The molecule has 0 aliphatic carbocycles. The van der Waals surface area contributed by atoms with Gasteiger partial charge in [-0.15, -0.1) is 0 Å². The first-order valence-corrected chi connectivity index (χ1v) is 9.36. The molecule has 1 aromatic carbocycles. The van der Waals surface area contributed by atoms with E-state index in [0.717, 1.165) is 12.8 Å². The van der Waals surface area contributed by atoms with Gasteiger partial charge in [0.05, 0.1) is 16.8 Å². The Bertz CT molecular complexity index is 876. The largest absolute Gasteiger partial charge is 0.271 e. The van der Waals surface area contributed by atoms with Crippen LogP contribution in [0.15, 0.2) is 58.7 Å². The Balaban J connectivity index is 1.72. The molecule has 1 aliphatic rings. The van der Waals surface area contributed by atoms with Crippen molar-refractivity contribution in [3.8, 4) is 0 Å². The predicted molar refractivity (Wildman–Crippen MR) is 93.7 cm³/mol. The van der Waals surface area contributed by atoms with Crippen molar-refractivity contribution >= 4 is 22.1 Å². The van der Waals surface area contributed by atoms with Crippen molar-refractivity contribution in [2.45, 2.75) is 17.7 Å². The molecular formula is C17H18N4O3S. The summed E-state index contributed by atoms with van der Waals surface area (Å²) < 4.78 is 26.6. The molecule has 2 heterocycles. The van der Waals surface area contributed by atoms with Gasteiger partial charge in [0, 0.05) is 24.8 Å². The molecule has 1 amide bonds. The highest BCUT2D eigenvalue weighted by molar-refractivity contribution is 7.89. The number of carbonyl (C=O) groups excluding carboxylic acids is 1. The maximum atomic E-state index is 12.6. The van der Waals surface area contributed by atoms with Crippen LogP contribution in [0.25, 0.3) is 0 Å². The van der Waals surface area contributed by atoms with E-state index in [0.29, 0.717) is 18.8 Å². The summed E-state index contributed by atoms with van der Waals surface area (Å²) in [5.41, 5.74) is 3.22. The first-order chi connectivity index (χ1) is 12.1. The quantitative estimate of drug-likeness (QED) is 0.649. The highest BCUT2D eigenvalue weighted by Crippen LogP contribution is 2.21. The second-order valence-corrected chi connectivity index (χ2v) is 7.53. The Morgan fingerprint density at radius 2 is 1.96 bits per heavy atom. The van der Waals surface area contributed by atoms with E-state index in [1.54, 1.807) is 30.5 Å². The standard InChI is InChI=1S/C17H18N4O3S/c22-17(20-19-13-15-7-1-2-9-18-15)14-6-5-8-16(12-14)25(23,24)21-10-3-4-11-21/h1-2,5-9,12-13H,3-4,10-11H2,(H,20,22). The first kappa shape index (κ1) is 17.2. The fraction of sp³-hybridized carbons (Fsp3) is 0.235. The molecule has 25 heavy (non-hydrogen) atoms. The predicted octanol–water partition coefficient (Wildman–Crippen LogP) is 1.63. The number of rotatable bonds is 5. The zero-order valence-corrected chi connectivity index (χ0v) is 14.3. The highest BCUT2D eigenvalue weighted by atomic mass is 32.2. The number of hydrogen-bond donors (Lipinski definition) is 1. The molecule has 8 heteroatoms. The molecule has 0 spiro atoms. The summed E-state index contributed by atoms with van der Waals surface area (Å²) >= 11 is 0. The minimum atomic E-state index is -3.55. The summed E-state index contributed by atoms with van der Waals surface area (Å²) in [7, 11) is -3.55. The SMILES string of the molecule is O=C(NN=Cc1ccccn1)c1cccc(S(=O)(=O)N2CCCC2)c1. The molecule has 7 nitrogen and oxygen atoms in total. The van der Waals surface area contributed by atoms with Crippen LogP contribution < -0.4 is 5.43 Å². The molecule has 0 bridgehead atoms. The van der Waals surface area contributed by atoms with Crippen LogP contribution in [0.4, 0.5) is 0 Å². The summed E-state index contributed by atoms with van der Waals surface area (Å²) in [6, 6.07) is 11.3. The lowest BCUT2D eigenvalue weighted by atomic mass is 10.2. The number of pyridine rings is 1. The van der Waals surface area contributed by atoms with Crippen LogP contribution in [0, 0.1) is 0 Å². The van der Waals surface area contributed by atoms with Crippen LogP contribution in [0.1, 0.15) is 28.9 Å². The third-order valence-corrected chi connectivity index (χ3v) is 5.74. The van der Waals surface area contributed by atoms with Crippen molar-refractivity contribution in [3.63, 3.8) is 0 Å². The maximum Gasteiger partial charge on any atom is 0.271 e. The van der Waals surface area contributed by atoms with Gasteiger partial charge in [-0.1, -0.05) is 12.1 Å². The van der Waals surface area contributed by atoms with Crippen molar-refractivity contribution in [3.05, 3.63) is 59.9 Å². The molecule has 1 aromatic heterocycles. The Kier molecular flexibility index (Phi) is 5.20. The number of nitrogens with one attached hydrogen (secondary N) is 1. The van der Waals surface area contributed by atoms with Gasteiger partial charge in [0.1, 0.15) is 0 Å². The van der Waals surface area contributed by atoms with Gasteiger partial charge >= 0.3 is 0 Å². The van der Waals surface area contributed by atoms with Crippen LogP contribution in [0.2, 0.25) is 0 Å². The summed E-state index contributed by atoms with van der Waals surface area (Å²) in [5, 5.41) is 3.84.